The Kier molecular flexibility index (Phi) is 3.92. The van der Waals surface area contributed by atoms with Crippen molar-refractivity contribution in [3.05, 3.63) is 35.4 Å². The first kappa shape index (κ1) is 11.3. The van der Waals surface area contributed by atoms with Gasteiger partial charge in [0.15, 0.2) is 0 Å². The molecular formula is C12H15NO2. The van der Waals surface area contributed by atoms with Crippen LogP contribution in [0.25, 0.3) is 6.08 Å². The molecule has 3 nitrogen and oxygen atoms in total. The van der Waals surface area contributed by atoms with E-state index in [2.05, 4.69) is 0 Å². The van der Waals surface area contributed by atoms with Crippen molar-refractivity contribution in [1.82, 2.24) is 0 Å². The summed E-state index contributed by atoms with van der Waals surface area (Å²) in [6.07, 6.45) is 3.10. The van der Waals surface area contributed by atoms with Gasteiger partial charge in [0.25, 0.3) is 0 Å². The number of hydrogen-bond donors (Lipinski definition) is 1. The number of rotatable bonds is 3. The van der Waals surface area contributed by atoms with Crippen LogP contribution in [0, 0.1) is 6.92 Å². The maximum atomic E-state index is 11.0. The molecule has 0 aromatic heterocycles. The molecule has 0 fully saturated rings. The number of esters is 1. The molecule has 0 spiro atoms. The summed E-state index contributed by atoms with van der Waals surface area (Å²) in [6, 6.07) is 5.64. The highest BCUT2D eigenvalue weighted by molar-refractivity contribution is 5.87. The number of nitrogens with two attached hydrogens (primary N) is 1. The van der Waals surface area contributed by atoms with E-state index >= 15 is 0 Å². The number of nitrogen functional groups attached to an aromatic ring is 1. The van der Waals surface area contributed by atoms with Gasteiger partial charge in [-0.05, 0) is 43.2 Å². The van der Waals surface area contributed by atoms with Crippen molar-refractivity contribution in [2.45, 2.75) is 13.8 Å². The maximum absolute atomic E-state index is 11.0. The Morgan fingerprint density at radius 1 is 1.47 bits per heavy atom. The highest BCUT2D eigenvalue weighted by Crippen LogP contribution is 2.12. The number of benzene rings is 1. The fraction of sp³-hybridized carbons (Fsp3) is 0.250. The molecular weight excluding hydrogens is 190 g/mol. The van der Waals surface area contributed by atoms with E-state index in [1.165, 1.54) is 6.08 Å². The summed E-state index contributed by atoms with van der Waals surface area (Å²) in [5.74, 6) is -0.336. The Bertz CT molecular complexity index is 363. The lowest BCUT2D eigenvalue weighted by Crippen LogP contribution is -1.98. The lowest BCUT2D eigenvalue weighted by Gasteiger charge is -1.99. The Balaban J connectivity index is 2.76. The van der Waals surface area contributed by atoms with E-state index in [9.17, 15) is 4.79 Å². The first-order valence-electron chi connectivity index (χ1n) is 4.84. The molecule has 0 saturated heterocycles. The molecule has 2 N–H and O–H groups in total. The molecule has 0 heterocycles. The molecule has 1 aromatic rings. The van der Waals surface area contributed by atoms with Crippen LogP contribution in [0.1, 0.15) is 18.1 Å². The molecule has 0 unspecified atom stereocenters. The Hall–Kier alpha value is -1.77. The largest absolute Gasteiger partial charge is 0.463 e. The van der Waals surface area contributed by atoms with Gasteiger partial charge in [-0.2, -0.15) is 0 Å². The fourth-order valence-corrected chi connectivity index (χ4v) is 1.29. The third-order valence-corrected chi connectivity index (χ3v) is 1.82. The summed E-state index contributed by atoms with van der Waals surface area (Å²) >= 11 is 0. The summed E-state index contributed by atoms with van der Waals surface area (Å²) in [5.41, 5.74) is 8.34. The molecule has 15 heavy (non-hydrogen) atoms. The van der Waals surface area contributed by atoms with Crippen molar-refractivity contribution in [3.8, 4) is 0 Å². The molecule has 0 radical (unpaired) electrons. The second-order valence-electron chi connectivity index (χ2n) is 3.26. The molecule has 0 amide bonds. The number of carbonyl (C=O) groups is 1. The average molecular weight is 205 g/mol. The van der Waals surface area contributed by atoms with Gasteiger partial charge in [0.1, 0.15) is 0 Å². The highest BCUT2D eigenvalue weighted by Gasteiger charge is 1.95. The molecule has 80 valence electrons. The number of anilines is 1. The third-order valence-electron chi connectivity index (χ3n) is 1.82. The van der Waals surface area contributed by atoms with Gasteiger partial charge >= 0.3 is 5.97 Å². The molecule has 3 heteroatoms. The van der Waals surface area contributed by atoms with Crippen molar-refractivity contribution < 1.29 is 9.53 Å². The van der Waals surface area contributed by atoms with Crippen LogP contribution in [-0.4, -0.2) is 12.6 Å². The Labute approximate surface area is 89.5 Å². The Morgan fingerprint density at radius 3 is 2.80 bits per heavy atom. The highest BCUT2D eigenvalue weighted by atomic mass is 16.5. The van der Waals surface area contributed by atoms with Crippen LogP contribution < -0.4 is 5.73 Å². The lowest BCUT2D eigenvalue weighted by atomic mass is 10.1. The zero-order valence-electron chi connectivity index (χ0n) is 8.99. The predicted octanol–water partition coefficient (Wildman–Crippen LogP) is 2.15. The number of ether oxygens (including phenoxy) is 1. The van der Waals surface area contributed by atoms with Crippen molar-refractivity contribution in [2.75, 3.05) is 12.3 Å². The molecule has 0 aliphatic heterocycles. The van der Waals surface area contributed by atoms with Crippen LogP contribution in [0.2, 0.25) is 0 Å². The average Bonchev–Trinajstić information content (AvgIpc) is 2.14. The number of carbonyl (C=O) groups excluding carboxylic acids is 1. The molecule has 0 aliphatic rings. The van der Waals surface area contributed by atoms with Crippen molar-refractivity contribution in [3.63, 3.8) is 0 Å². The van der Waals surface area contributed by atoms with Crippen molar-refractivity contribution >= 4 is 17.7 Å². The van der Waals surface area contributed by atoms with Gasteiger partial charge in [-0.25, -0.2) is 4.79 Å². The number of hydrogen-bond acceptors (Lipinski definition) is 3. The molecule has 1 aromatic carbocycles. The summed E-state index contributed by atoms with van der Waals surface area (Å²) in [5, 5.41) is 0. The SMILES string of the molecule is CCOC(=O)C=Cc1cc(C)cc(N)c1. The van der Waals surface area contributed by atoms with Crippen LogP contribution in [0.3, 0.4) is 0 Å². The van der Waals surface area contributed by atoms with Crippen LogP contribution in [0.4, 0.5) is 5.69 Å². The van der Waals surface area contributed by atoms with Crippen LogP contribution in [0.15, 0.2) is 24.3 Å². The van der Waals surface area contributed by atoms with Crippen LogP contribution in [0.5, 0.6) is 0 Å². The van der Waals surface area contributed by atoms with Gasteiger partial charge in [-0.1, -0.05) is 6.07 Å². The molecule has 0 bridgehead atoms. The van der Waals surface area contributed by atoms with Crippen LogP contribution in [-0.2, 0) is 9.53 Å². The van der Waals surface area contributed by atoms with Gasteiger partial charge in [-0.15, -0.1) is 0 Å². The summed E-state index contributed by atoms with van der Waals surface area (Å²) in [4.78, 5) is 11.0. The molecule has 0 atom stereocenters. The zero-order chi connectivity index (χ0) is 11.3. The van der Waals surface area contributed by atoms with Gasteiger partial charge < -0.3 is 10.5 Å². The second kappa shape index (κ2) is 5.20. The first-order valence-corrected chi connectivity index (χ1v) is 4.84. The Morgan fingerprint density at radius 2 is 2.20 bits per heavy atom. The minimum Gasteiger partial charge on any atom is -0.463 e. The lowest BCUT2D eigenvalue weighted by molar-refractivity contribution is -0.137. The van der Waals surface area contributed by atoms with E-state index < -0.39 is 0 Å². The normalized spacial score (nSPS) is 10.5. The first-order chi connectivity index (χ1) is 7.11. The monoisotopic (exact) mass is 205 g/mol. The van der Waals surface area contributed by atoms with E-state index in [0.717, 1.165) is 11.1 Å². The standard InChI is InChI=1S/C12H15NO2/c1-3-15-12(14)5-4-10-6-9(2)7-11(13)8-10/h4-8H,3,13H2,1-2H3. The molecule has 1 rings (SSSR count). The van der Waals surface area contributed by atoms with Gasteiger partial charge in [0.2, 0.25) is 0 Å². The van der Waals surface area contributed by atoms with Gasteiger partial charge in [-0.3, -0.25) is 0 Å². The van der Waals surface area contributed by atoms with E-state index in [1.54, 1.807) is 13.0 Å². The zero-order valence-corrected chi connectivity index (χ0v) is 8.99. The predicted molar refractivity (Wildman–Crippen MR) is 61.3 cm³/mol. The molecule has 0 saturated carbocycles. The maximum Gasteiger partial charge on any atom is 0.330 e. The molecule has 0 aliphatic carbocycles. The minimum atomic E-state index is -0.336. The second-order valence-corrected chi connectivity index (χ2v) is 3.26. The smallest absolute Gasteiger partial charge is 0.330 e. The van der Waals surface area contributed by atoms with Gasteiger partial charge in [0, 0.05) is 11.8 Å². The van der Waals surface area contributed by atoms with E-state index in [4.69, 9.17) is 10.5 Å². The fourth-order valence-electron chi connectivity index (χ4n) is 1.29. The van der Waals surface area contributed by atoms with Crippen molar-refractivity contribution in [1.29, 1.82) is 0 Å². The topological polar surface area (TPSA) is 52.3 Å². The number of aryl methyl sites for hydroxylation is 1. The van der Waals surface area contributed by atoms with Crippen LogP contribution >= 0.6 is 0 Å². The van der Waals surface area contributed by atoms with E-state index in [1.807, 2.05) is 25.1 Å². The summed E-state index contributed by atoms with van der Waals surface area (Å²) in [7, 11) is 0. The summed E-state index contributed by atoms with van der Waals surface area (Å²) < 4.78 is 4.77. The minimum absolute atomic E-state index is 0.336. The quantitative estimate of drug-likeness (QED) is 0.467. The van der Waals surface area contributed by atoms with E-state index in [0.29, 0.717) is 12.3 Å². The summed E-state index contributed by atoms with van der Waals surface area (Å²) in [6.45, 7) is 4.12. The third kappa shape index (κ3) is 3.85. The van der Waals surface area contributed by atoms with Crippen molar-refractivity contribution in [2.24, 2.45) is 0 Å². The van der Waals surface area contributed by atoms with Gasteiger partial charge in [0.05, 0.1) is 6.61 Å². The van der Waals surface area contributed by atoms with E-state index in [-0.39, 0.29) is 5.97 Å².